The van der Waals surface area contributed by atoms with Crippen molar-refractivity contribution < 1.29 is 4.52 Å². The van der Waals surface area contributed by atoms with Gasteiger partial charge in [-0.3, -0.25) is 0 Å². The Morgan fingerprint density at radius 3 is 3.00 bits per heavy atom. The molecule has 5 nitrogen and oxygen atoms in total. The summed E-state index contributed by atoms with van der Waals surface area (Å²) in [5, 5.41) is 6.96. The van der Waals surface area contributed by atoms with Crippen LogP contribution in [-0.2, 0) is 6.42 Å². The Bertz CT molecular complexity index is 453. The number of nitrogen functional groups attached to an aromatic ring is 1. The standard InChI is InChI=1S/C11H14N4O/c1-8-2-3-10(9(12)6-8)13-5-4-11-14-7-16-15-11/h2-3,6-7,13H,4-5,12H2,1H3. The number of aromatic nitrogens is 2. The number of nitrogens with zero attached hydrogens (tertiary/aromatic N) is 2. The largest absolute Gasteiger partial charge is 0.397 e. The molecule has 2 aromatic rings. The quantitative estimate of drug-likeness (QED) is 0.762. The molecule has 0 aliphatic heterocycles. The van der Waals surface area contributed by atoms with Crippen molar-refractivity contribution in [2.24, 2.45) is 0 Å². The highest BCUT2D eigenvalue weighted by molar-refractivity contribution is 5.66. The highest BCUT2D eigenvalue weighted by atomic mass is 16.5. The van der Waals surface area contributed by atoms with E-state index < -0.39 is 0 Å². The fourth-order valence-corrected chi connectivity index (χ4v) is 1.45. The second-order valence-electron chi connectivity index (χ2n) is 3.61. The molecule has 0 bridgehead atoms. The molecule has 1 heterocycles. The molecule has 0 fully saturated rings. The predicted molar refractivity (Wildman–Crippen MR) is 62.1 cm³/mol. The summed E-state index contributed by atoms with van der Waals surface area (Å²) in [5.74, 6) is 0.693. The van der Waals surface area contributed by atoms with E-state index in [-0.39, 0.29) is 0 Å². The summed E-state index contributed by atoms with van der Waals surface area (Å²) < 4.78 is 4.64. The number of hydrogen-bond acceptors (Lipinski definition) is 5. The van der Waals surface area contributed by atoms with Crippen LogP contribution in [0.5, 0.6) is 0 Å². The summed E-state index contributed by atoms with van der Waals surface area (Å²) in [7, 11) is 0. The highest BCUT2D eigenvalue weighted by Gasteiger charge is 2.00. The van der Waals surface area contributed by atoms with E-state index in [1.54, 1.807) is 0 Å². The normalized spacial score (nSPS) is 10.3. The minimum Gasteiger partial charge on any atom is -0.397 e. The van der Waals surface area contributed by atoms with E-state index in [1.807, 2.05) is 25.1 Å². The fourth-order valence-electron chi connectivity index (χ4n) is 1.45. The lowest BCUT2D eigenvalue weighted by Crippen LogP contribution is -2.07. The van der Waals surface area contributed by atoms with Gasteiger partial charge in [0.2, 0.25) is 6.39 Å². The molecule has 5 heteroatoms. The van der Waals surface area contributed by atoms with Crippen LogP contribution in [0, 0.1) is 6.92 Å². The van der Waals surface area contributed by atoms with Crippen LogP contribution in [0.4, 0.5) is 11.4 Å². The maximum atomic E-state index is 5.87. The van der Waals surface area contributed by atoms with Crippen LogP contribution in [0.2, 0.25) is 0 Å². The maximum absolute atomic E-state index is 5.87. The highest BCUT2D eigenvalue weighted by Crippen LogP contribution is 2.18. The van der Waals surface area contributed by atoms with Gasteiger partial charge in [-0.1, -0.05) is 11.2 Å². The lowest BCUT2D eigenvalue weighted by atomic mass is 10.2. The Kier molecular flexibility index (Phi) is 3.05. The molecule has 0 spiro atoms. The van der Waals surface area contributed by atoms with Crippen LogP contribution >= 0.6 is 0 Å². The third kappa shape index (κ3) is 2.50. The summed E-state index contributed by atoms with van der Waals surface area (Å²) in [6, 6.07) is 5.94. The molecular formula is C11H14N4O. The van der Waals surface area contributed by atoms with Crippen LogP contribution in [0.15, 0.2) is 29.1 Å². The Morgan fingerprint density at radius 2 is 2.31 bits per heavy atom. The number of nitrogens with one attached hydrogen (secondary N) is 1. The lowest BCUT2D eigenvalue weighted by molar-refractivity contribution is 0.410. The van der Waals surface area contributed by atoms with Crippen molar-refractivity contribution >= 4 is 11.4 Å². The molecule has 0 atom stereocenters. The van der Waals surface area contributed by atoms with Gasteiger partial charge < -0.3 is 15.6 Å². The van der Waals surface area contributed by atoms with Crippen LogP contribution in [0.3, 0.4) is 0 Å². The van der Waals surface area contributed by atoms with Gasteiger partial charge in [0.05, 0.1) is 11.4 Å². The summed E-state index contributed by atoms with van der Waals surface area (Å²) >= 11 is 0. The zero-order valence-electron chi connectivity index (χ0n) is 9.10. The molecule has 0 aliphatic rings. The first-order chi connectivity index (χ1) is 7.75. The van der Waals surface area contributed by atoms with Crippen molar-refractivity contribution in [1.29, 1.82) is 0 Å². The zero-order chi connectivity index (χ0) is 11.4. The molecule has 2 rings (SSSR count). The van der Waals surface area contributed by atoms with Gasteiger partial charge in [0.15, 0.2) is 5.82 Å². The molecule has 0 unspecified atom stereocenters. The Balaban J connectivity index is 1.90. The van der Waals surface area contributed by atoms with Crippen molar-refractivity contribution in [1.82, 2.24) is 10.1 Å². The second kappa shape index (κ2) is 4.65. The molecule has 0 amide bonds. The van der Waals surface area contributed by atoms with Gasteiger partial charge in [-0.2, -0.15) is 4.98 Å². The van der Waals surface area contributed by atoms with E-state index in [9.17, 15) is 0 Å². The van der Waals surface area contributed by atoms with Gasteiger partial charge >= 0.3 is 0 Å². The number of anilines is 2. The van der Waals surface area contributed by atoms with E-state index in [0.29, 0.717) is 12.2 Å². The second-order valence-corrected chi connectivity index (χ2v) is 3.61. The van der Waals surface area contributed by atoms with Gasteiger partial charge in [0, 0.05) is 13.0 Å². The number of rotatable bonds is 4. The smallest absolute Gasteiger partial charge is 0.213 e. The number of aryl methyl sites for hydroxylation is 1. The molecule has 0 saturated heterocycles. The van der Waals surface area contributed by atoms with Crippen molar-refractivity contribution in [3.8, 4) is 0 Å². The number of benzene rings is 1. The molecular weight excluding hydrogens is 204 g/mol. The van der Waals surface area contributed by atoms with Gasteiger partial charge in [-0.05, 0) is 24.6 Å². The molecule has 0 saturated carbocycles. The van der Waals surface area contributed by atoms with E-state index in [0.717, 1.165) is 23.5 Å². The summed E-state index contributed by atoms with van der Waals surface area (Å²) in [5.41, 5.74) is 8.72. The number of hydrogen-bond donors (Lipinski definition) is 2. The average molecular weight is 218 g/mol. The van der Waals surface area contributed by atoms with E-state index in [1.165, 1.54) is 6.39 Å². The SMILES string of the molecule is Cc1ccc(NCCc2ncon2)c(N)c1. The van der Waals surface area contributed by atoms with Crippen molar-refractivity contribution in [3.05, 3.63) is 36.0 Å². The predicted octanol–water partition coefficient (Wildman–Crippen LogP) is 1.61. The maximum Gasteiger partial charge on any atom is 0.213 e. The molecule has 3 N–H and O–H groups in total. The Labute approximate surface area is 93.7 Å². The molecule has 0 aliphatic carbocycles. The molecule has 16 heavy (non-hydrogen) atoms. The number of nitrogens with two attached hydrogens (primary N) is 1. The van der Waals surface area contributed by atoms with Gasteiger partial charge in [-0.25, -0.2) is 0 Å². The first-order valence-corrected chi connectivity index (χ1v) is 5.11. The third-order valence-electron chi connectivity index (χ3n) is 2.28. The average Bonchev–Trinajstić information content (AvgIpc) is 2.74. The summed E-state index contributed by atoms with van der Waals surface area (Å²) in [6.07, 6.45) is 2.04. The molecule has 0 radical (unpaired) electrons. The lowest BCUT2D eigenvalue weighted by Gasteiger charge is -2.08. The monoisotopic (exact) mass is 218 g/mol. The molecule has 1 aromatic carbocycles. The molecule has 1 aromatic heterocycles. The van der Waals surface area contributed by atoms with Crippen LogP contribution in [-0.4, -0.2) is 16.7 Å². The Hall–Kier alpha value is -2.04. The minimum absolute atomic E-state index is 0.693. The van der Waals surface area contributed by atoms with E-state index in [4.69, 9.17) is 5.73 Å². The van der Waals surface area contributed by atoms with Gasteiger partial charge in [-0.15, -0.1) is 0 Å². The van der Waals surface area contributed by atoms with E-state index in [2.05, 4.69) is 20.0 Å². The van der Waals surface area contributed by atoms with Crippen LogP contribution in [0.1, 0.15) is 11.4 Å². The first-order valence-electron chi connectivity index (χ1n) is 5.11. The summed E-state index contributed by atoms with van der Waals surface area (Å²) in [6.45, 7) is 2.74. The summed E-state index contributed by atoms with van der Waals surface area (Å²) in [4.78, 5) is 3.93. The van der Waals surface area contributed by atoms with Crippen molar-refractivity contribution in [2.75, 3.05) is 17.6 Å². The first kappa shape index (κ1) is 10.5. The van der Waals surface area contributed by atoms with Crippen LogP contribution in [0.25, 0.3) is 0 Å². The van der Waals surface area contributed by atoms with E-state index >= 15 is 0 Å². The zero-order valence-corrected chi connectivity index (χ0v) is 9.10. The topological polar surface area (TPSA) is 77.0 Å². The molecule has 84 valence electrons. The Morgan fingerprint density at radius 1 is 1.44 bits per heavy atom. The third-order valence-corrected chi connectivity index (χ3v) is 2.28. The fraction of sp³-hybridized carbons (Fsp3) is 0.273. The van der Waals surface area contributed by atoms with Crippen LogP contribution < -0.4 is 11.1 Å². The van der Waals surface area contributed by atoms with Gasteiger partial charge in [0.1, 0.15) is 0 Å². The minimum atomic E-state index is 0.693. The van der Waals surface area contributed by atoms with Gasteiger partial charge in [0.25, 0.3) is 0 Å². The van der Waals surface area contributed by atoms with Crippen molar-refractivity contribution in [2.45, 2.75) is 13.3 Å². The van der Waals surface area contributed by atoms with Crippen molar-refractivity contribution in [3.63, 3.8) is 0 Å².